The van der Waals surface area contributed by atoms with E-state index in [-0.39, 0.29) is 31.0 Å². The van der Waals surface area contributed by atoms with Crippen molar-refractivity contribution in [3.8, 4) is 6.01 Å². The van der Waals surface area contributed by atoms with E-state index in [1.807, 2.05) is 23.1 Å². The summed E-state index contributed by atoms with van der Waals surface area (Å²) in [4.78, 5) is 28.5. The van der Waals surface area contributed by atoms with Gasteiger partial charge in [-0.15, -0.1) is 11.3 Å². The van der Waals surface area contributed by atoms with Crippen molar-refractivity contribution < 1.29 is 19.7 Å². The van der Waals surface area contributed by atoms with E-state index in [0.717, 1.165) is 28.9 Å². The van der Waals surface area contributed by atoms with E-state index >= 15 is 0 Å². The Morgan fingerprint density at radius 1 is 1.21 bits per heavy atom. The Labute approximate surface area is 202 Å². The first-order chi connectivity index (χ1) is 16.6. The molecule has 2 fully saturated rings. The Kier molecular flexibility index (Phi) is 6.67. The van der Waals surface area contributed by atoms with Gasteiger partial charge in [0.1, 0.15) is 23.4 Å². The number of benzene rings is 1. The topological polar surface area (TPSA) is 99.0 Å². The molecule has 1 aliphatic carbocycles. The van der Waals surface area contributed by atoms with Gasteiger partial charge in [0.25, 0.3) is 0 Å². The number of aromatic nitrogens is 2. The lowest BCUT2D eigenvalue weighted by Crippen LogP contribution is -2.49. The molecule has 1 saturated heterocycles. The van der Waals surface area contributed by atoms with Crippen molar-refractivity contribution in [2.75, 3.05) is 44.3 Å². The van der Waals surface area contributed by atoms with Gasteiger partial charge in [0.15, 0.2) is 0 Å². The molecule has 2 aromatic heterocycles. The summed E-state index contributed by atoms with van der Waals surface area (Å²) in [6, 6.07) is 12.6. The van der Waals surface area contributed by atoms with Crippen LogP contribution in [0.2, 0.25) is 0 Å². The van der Waals surface area contributed by atoms with Gasteiger partial charge in [0.2, 0.25) is 5.91 Å². The molecule has 34 heavy (non-hydrogen) atoms. The van der Waals surface area contributed by atoms with Crippen molar-refractivity contribution in [1.29, 1.82) is 0 Å². The van der Waals surface area contributed by atoms with E-state index in [2.05, 4.69) is 40.0 Å². The lowest BCUT2D eigenvalue weighted by molar-refractivity contribution is -0.133. The van der Waals surface area contributed by atoms with Crippen LogP contribution in [0.1, 0.15) is 29.7 Å². The van der Waals surface area contributed by atoms with Crippen molar-refractivity contribution in [3.05, 3.63) is 46.8 Å². The SMILES string of the molecule is CCc1cc2c(N3CCN(C(=O)C4CC4c4ccccc4)CC3)nc(OC[C@H](O)CO)nc2s1. The molecule has 180 valence electrons. The van der Waals surface area contributed by atoms with Gasteiger partial charge in [-0.1, -0.05) is 37.3 Å². The second-order valence-electron chi connectivity index (χ2n) is 8.93. The Morgan fingerprint density at radius 2 is 1.97 bits per heavy atom. The van der Waals surface area contributed by atoms with E-state index < -0.39 is 6.10 Å². The molecule has 1 aromatic carbocycles. The van der Waals surface area contributed by atoms with Gasteiger partial charge in [-0.25, -0.2) is 0 Å². The minimum Gasteiger partial charge on any atom is -0.461 e. The van der Waals surface area contributed by atoms with Crippen LogP contribution in [0.3, 0.4) is 0 Å². The van der Waals surface area contributed by atoms with E-state index in [9.17, 15) is 9.90 Å². The zero-order valence-corrected chi connectivity index (χ0v) is 20.1. The zero-order valence-electron chi connectivity index (χ0n) is 19.3. The maximum absolute atomic E-state index is 13.1. The fourth-order valence-electron chi connectivity index (χ4n) is 4.55. The molecule has 3 aromatic rings. The third-order valence-corrected chi connectivity index (χ3v) is 7.77. The van der Waals surface area contributed by atoms with E-state index in [4.69, 9.17) is 9.84 Å². The number of aryl methyl sites for hydroxylation is 1. The maximum Gasteiger partial charge on any atom is 0.319 e. The van der Waals surface area contributed by atoms with Crippen molar-refractivity contribution in [2.45, 2.75) is 31.8 Å². The largest absolute Gasteiger partial charge is 0.461 e. The Balaban J connectivity index is 1.28. The molecule has 1 amide bonds. The summed E-state index contributed by atoms with van der Waals surface area (Å²) < 4.78 is 5.58. The van der Waals surface area contributed by atoms with Crippen LogP contribution in [0.4, 0.5) is 5.82 Å². The van der Waals surface area contributed by atoms with Crippen LogP contribution in [0.5, 0.6) is 6.01 Å². The Hall–Kier alpha value is -2.75. The zero-order chi connectivity index (χ0) is 23.7. The molecule has 5 rings (SSSR count). The van der Waals surface area contributed by atoms with Gasteiger partial charge >= 0.3 is 6.01 Å². The van der Waals surface area contributed by atoms with Gasteiger partial charge < -0.3 is 24.7 Å². The summed E-state index contributed by atoms with van der Waals surface area (Å²) in [5.74, 6) is 1.50. The average Bonchev–Trinajstić information content (AvgIpc) is 3.58. The van der Waals surface area contributed by atoms with Gasteiger partial charge in [-0.3, -0.25) is 4.79 Å². The number of anilines is 1. The molecule has 0 bridgehead atoms. The number of piperazine rings is 1. The van der Waals surface area contributed by atoms with Gasteiger partial charge in [0, 0.05) is 37.0 Å². The van der Waals surface area contributed by atoms with Crippen LogP contribution in [0, 0.1) is 5.92 Å². The van der Waals surface area contributed by atoms with Gasteiger partial charge in [-0.05, 0) is 30.4 Å². The fraction of sp³-hybridized carbons (Fsp3) is 0.480. The quantitative estimate of drug-likeness (QED) is 0.509. The summed E-state index contributed by atoms with van der Waals surface area (Å²) >= 11 is 1.61. The first-order valence-electron chi connectivity index (χ1n) is 11.9. The number of aliphatic hydroxyl groups excluding tert-OH is 2. The highest BCUT2D eigenvalue weighted by Gasteiger charge is 2.46. The van der Waals surface area contributed by atoms with E-state index in [1.54, 1.807) is 11.3 Å². The number of amides is 1. The van der Waals surface area contributed by atoms with Gasteiger partial charge in [-0.2, -0.15) is 9.97 Å². The smallest absolute Gasteiger partial charge is 0.319 e. The molecule has 3 heterocycles. The third-order valence-electron chi connectivity index (χ3n) is 6.59. The number of ether oxygens (including phenoxy) is 1. The number of hydrogen-bond acceptors (Lipinski definition) is 8. The number of thiophene rings is 1. The van der Waals surface area contributed by atoms with Crippen LogP contribution in [0.15, 0.2) is 36.4 Å². The maximum atomic E-state index is 13.1. The van der Waals surface area contributed by atoms with E-state index in [0.29, 0.717) is 32.1 Å². The minimum atomic E-state index is -0.978. The summed E-state index contributed by atoms with van der Waals surface area (Å²) in [5, 5.41) is 19.7. The van der Waals surface area contributed by atoms with Crippen LogP contribution >= 0.6 is 11.3 Å². The van der Waals surface area contributed by atoms with Crippen LogP contribution in [-0.2, 0) is 11.2 Å². The molecule has 0 spiro atoms. The van der Waals surface area contributed by atoms with Crippen molar-refractivity contribution in [2.24, 2.45) is 5.92 Å². The molecule has 2 N–H and O–H groups in total. The summed E-state index contributed by atoms with van der Waals surface area (Å²) in [7, 11) is 0. The highest BCUT2D eigenvalue weighted by atomic mass is 32.1. The standard InChI is InChI=1S/C25H30N4O4S/c1-2-18-12-21-22(26-25(27-23(21)34-18)33-15-17(31)14-30)28-8-10-29(11-9-28)24(32)20-13-19(20)16-6-4-3-5-7-16/h3-7,12,17,19-20,30-31H,2,8-11,13-15H2,1H3/t17-,19?,20?/m1/s1. The molecule has 1 aliphatic heterocycles. The van der Waals surface area contributed by atoms with Crippen LogP contribution in [0.25, 0.3) is 10.2 Å². The lowest BCUT2D eigenvalue weighted by Gasteiger charge is -2.36. The number of rotatable bonds is 8. The number of carbonyl (C=O) groups excluding carboxylic acids is 1. The second kappa shape index (κ2) is 9.85. The molecule has 2 aliphatic rings. The molecule has 9 heteroatoms. The van der Waals surface area contributed by atoms with Crippen molar-refractivity contribution in [3.63, 3.8) is 0 Å². The number of hydrogen-bond donors (Lipinski definition) is 2. The number of fused-ring (bicyclic) bond motifs is 1. The molecule has 8 nitrogen and oxygen atoms in total. The third kappa shape index (κ3) is 4.73. The summed E-state index contributed by atoms with van der Waals surface area (Å²) in [6.45, 7) is 4.36. The predicted octanol–water partition coefficient (Wildman–Crippen LogP) is 2.44. The molecule has 3 atom stereocenters. The molecule has 1 saturated carbocycles. The highest BCUT2D eigenvalue weighted by Crippen LogP contribution is 2.48. The van der Waals surface area contributed by atoms with Crippen molar-refractivity contribution in [1.82, 2.24) is 14.9 Å². The van der Waals surface area contributed by atoms with E-state index in [1.165, 1.54) is 10.4 Å². The first-order valence-corrected chi connectivity index (χ1v) is 12.7. The van der Waals surface area contributed by atoms with Gasteiger partial charge in [0.05, 0.1) is 12.0 Å². The normalized spacial score (nSPS) is 21.0. The summed E-state index contributed by atoms with van der Waals surface area (Å²) in [5.41, 5.74) is 1.26. The molecule has 2 unspecified atom stereocenters. The van der Waals surface area contributed by atoms with Crippen molar-refractivity contribution >= 4 is 33.3 Å². The number of carbonyl (C=O) groups is 1. The first kappa shape index (κ1) is 23.0. The average molecular weight is 483 g/mol. The minimum absolute atomic E-state index is 0.0697. The highest BCUT2D eigenvalue weighted by molar-refractivity contribution is 7.18. The monoisotopic (exact) mass is 482 g/mol. The van der Waals surface area contributed by atoms with Crippen LogP contribution in [-0.4, -0.2) is 76.5 Å². The molecule has 0 radical (unpaired) electrons. The predicted molar refractivity (Wildman–Crippen MR) is 131 cm³/mol. The second-order valence-corrected chi connectivity index (χ2v) is 10.0. The van der Waals surface area contributed by atoms with Crippen LogP contribution < -0.4 is 9.64 Å². The fourth-order valence-corrected chi connectivity index (χ4v) is 5.50. The molecular formula is C25H30N4O4S. The summed E-state index contributed by atoms with van der Waals surface area (Å²) in [6.07, 6.45) is 0.866. The lowest BCUT2D eigenvalue weighted by atomic mass is 10.1. The number of aliphatic hydroxyl groups is 2. The number of nitrogens with zero attached hydrogens (tertiary/aromatic N) is 4. The Morgan fingerprint density at radius 3 is 2.68 bits per heavy atom. The Bertz CT molecular complexity index is 1150. The molecular weight excluding hydrogens is 452 g/mol.